The number of esters is 1. The van der Waals surface area contributed by atoms with Crippen LogP contribution in [0.4, 0.5) is 11.4 Å². The van der Waals surface area contributed by atoms with Gasteiger partial charge < -0.3 is 19.8 Å². The molecule has 2 N–H and O–H groups in total. The van der Waals surface area contributed by atoms with Crippen LogP contribution in [0.5, 0.6) is 0 Å². The summed E-state index contributed by atoms with van der Waals surface area (Å²) in [7, 11) is 0. The zero-order chi connectivity index (χ0) is 24.0. The number of aryl methyl sites for hydroxylation is 1. The van der Waals surface area contributed by atoms with Crippen LogP contribution in [-0.4, -0.2) is 36.4 Å². The SMILES string of the molecule is CSc1ccc(C(=O)COC(=O)c2ccc(C)c(NC(=O)c3ccco3)c2)cc1NC(C)=O. The molecule has 9 heteroatoms. The molecular formula is C24H22N2O6S. The Morgan fingerprint density at radius 1 is 0.970 bits per heavy atom. The van der Waals surface area contributed by atoms with Crippen molar-refractivity contribution < 1.29 is 28.3 Å². The minimum absolute atomic E-state index is 0.138. The van der Waals surface area contributed by atoms with Gasteiger partial charge in [0.15, 0.2) is 18.2 Å². The zero-order valence-corrected chi connectivity index (χ0v) is 19.1. The Labute approximate surface area is 194 Å². The summed E-state index contributed by atoms with van der Waals surface area (Å²) in [6.07, 6.45) is 3.25. The maximum Gasteiger partial charge on any atom is 0.338 e. The molecule has 0 saturated carbocycles. The molecule has 3 rings (SSSR count). The molecular weight excluding hydrogens is 444 g/mol. The van der Waals surface area contributed by atoms with Gasteiger partial charge in [0.05, 0.1) is 17.5 Å². The van der Waals surface area contributed by atoms with Crippen molar-refractivity contribution in [3.8, 4) is 0 Å². The van der Waals surface area contributed by atoms with Gasteiger partial charge in [-0.2, -0.15) is 0 Å². The number of hydrogen-bond acceptors (Lipinski definition) is 7. The Morgan fingerprint density at radius 3 is 2.36 bits per heavy atom. The molecule has 1 heterocycles. The number of ketones is 1. The van der Waals surface area contributed by atoms with E-state index in [2.05, 4.69) is 10.6 Å². The summed E-state index contributed by atoms with van der Waals surface area (Å²) < 4.78 is 10.3. The molecule has 1 aromatic heterocycles. The largest absolute Gasteiger partial charge is 0.459 e. The van der Waals surface area contributed by atoms with Crippen molar-refractivity contribution in [1.82, 2.24) is 0 Å². The number of carbonyl (C=O) groups is 4. The van der Waals surface area contributed by atoms with Gasteiger partial charge in [0.2, 0.25) is 5.91 Å². The molecule has 0 bridgehead atoms. The number of nitrogens with one attached hydrogen (secondary N) is 2. The molecule has 0 spiro atoms. The van der Waals surface area contributed by atoms with Crippen molar-refractivity contribution in [3.63, 3.8) is 0 Å². The first-order valence-corrected chi connectivity index (χ1v) is 11.1. The van der Waals surface area contributed by atoms with Crippen LogP contribution in [0.1, 0.15) is 43.8 Å². The molecule has 0 aliphatic carbocycles. The summed E-state index contributed by atoms with van der Waals surface area (Å²) in [5.74, 6) is -1.69. The third-order valence-corrected chi connectivity index (χ3v) is 5.43. The summed E-state index contributed by atoms with van der Waals surface area (Å²) in [5.41, 5.74) is 2.16. The van der Waals surface area contributed by atoms with Crippen molar-refractivity contribution in [2.75, 3.05) is 23.5 Å². The van der Waals surface area contributed by atoms with Gasteiger partial charge in [-0.3, -0.25) is 14.4 Å². The highest BCUT2D eigenvalue weighted by atomic mass is 32.2. The number of rotatable bonds is 8. The van der Waals surface area contributed by atoms with Crippen LogP contribution >= 0.6 is 11.8 Å². The van der Waals surface area contributed by atoms with Gasteiger partial charge in [0.1, 0.15) is 0 Å². The van der Waals surface area contributed by atoms with Crippen LogP contribution in [0.2, 0.25) is 0 Å². The predicted octanol–water partition coefficient (Wildman–Crippen LogP) is 4.56. The fourth-order valence-electron chi connectivity index (χ4n) is 2.94. The lowest BCUT2D eigenvalue weighted by Crippen LogP contribution is -2.16. The Kier molecular flexibility index (Phi) is 7.68. The van der Waals surface area contributed by atoms with Gasteiger partial charge >= 0.3 is 5.97 Å². The summed E-state index contributed by atoms with van der Waals surface area (Å²) in [6, 6.07) is 12.7. The normalized spacial score (nSPS) is 10.4. The Bertz CT molecular complexity index is 1200. The molecule has 3 aromatic rings. The van der Waals surface area contributed by atoms with Crippen molar-refractivity contribution in [2.24, 2.45) is 0 Å². The average molecular weight is 467 g/mol. The van der Waals surface area contributed by atoms with E-state index in [0.29, 0.717) is 16.9 Å². The number of carbonyl (C=O) groups excluding carboxylic acids is 4. The maximum absolute atomic E-state index is 12.6. The van der Waals surface area contributed by atoms with E-state index in [-0.39, 0.29) is 17.2 Å². The lowest BCUT2D eigenvalue weighted by molar-refractivity contribution is -0.114. The number of thioether (sulfide) groups is 1. The first-order valence-electron chi connectivity index (χ1n) is 9.90. The lowest BCUT2D eigenvalue weighted by atomic mass is 10.1. The second-order valence-electron chi connectivity index (χ2n) is 7.06. The molecule has 170 valence electrons. The summed E-state index contributed by atoms with van der Waals surface area (Å²) in [6.45, 7) is 2.69. The van der Waals surface area contributed by atoms with Gasteiger partial charge in [-0.15, -0.1) is 11.8 Å². The van der Waals surface area contributed by atoms with Crippen molar-refractivity contribution in [2.45, 2.75) is 18.7 Å². The highest BCUT2D eigenvalue weighted by molar-refractivity contribution is 7.98. The van der Waals surface area contributed by atoms with E-state index in [1.807, 2.05) is 6.26 Å². The van der Waals surface area contributed by atoms with E-state index in [1.165, 1.54) is 37.1 Å². The fourth-order valence-corrected chi connectivity index (χ4v) is 3.48. The van der Waals surface area contributed by atoms with Crippen LogP contribution in [-0.2, 0) is 9.53 Å². The van der Waals surface area contributed by atoms with Crippen molar-refractivity contribution >= 4 is 46.7 Å². The van der Waals surface area contributed by atoms with E-state index in [1.54, 1.807) is 43.3 Å². The number of ether oxygens (including phenoxy) is 1. The fraction of sp³-hybridized carbons (Fsp3) is 0.167. The smallest absolute Gasteiger partial charge is 0.338 e. The number of benzene rings is 2. The predicted molar refractivity (Wildman–Crippen MR) is 125 cm³/mol. The van der Waals surface area contributed by atoms with Crippen molar-refractivity contribution in [3.05, 3.63) is 77.2 Å². The molecule has 0 aliphatic rings. The number of amides is 2. The highest BCUT2D eigenvalue weighted by Gasteiger charge is 2.16. The minimum atomic E-state index is -0.709. The first-order chi connectivity index (χ1) is 15.8. The quantitative estimate of drug-likeness (QED) is 0.284. The number of furan rings is 1. The molecule has 0 radical (unpaired) electrons. The van der Waals surface area contributed by atoms with Crippen LogP contribution in [0.15, 0.2) is 64.1 Å². The lowest BCUT2D eigenvalue weighted by Gasteiger charge is -2.11. The Morgan fingerprint density at radius 2 is 1.70 bits per heavy atom. The molecule has 33 heavy (non-hydrogen) atoms. The molecule has 0 saturated heterocycles. The van der Waals surface area contributed by atoms with E-state index in [0.717, 1.165) is 10.5 Å². The van der Waals surface area contributed by atoms with Gasteiger partial charge in [-0.05, 0) is 55.1 Å². The van der Waals surface area contributed by atoms with Crippen LogP contribution in [0.25, 0.3) is 0 Å². The Hall–Kier alpha value is -3.85. The molecule has 0 aliphatic heterocycles. The van der Waals surface area contributed by atoms with E-state index in [4.69, 9.17) is 9.15 Å². The molecule has 0 atom stereocenters. The van der Waals surface area contributed by atoms with Gasteiger partial charge in [-0.1, -0.05) is 12.1 Å². The second-order valence-corrected chi connectivity index (χ2v) is 7.90. The van der Waals surface area contributed by atoms with E-state index in [9.17, 15) is 19.2 Å². The third kappa shape index (κ3) is 6.11. The standard InChI is InChI=1S/C24H22N2O6S/c1-14-6-7-17(12-18(14)26-23(29)21-5-4-10-31-21)24(30)32-13-20(28)16-8-9-22(33-3)19(11-16)25-15(2)27/h4-12H,13H2,1-3H3,(H,25,27)(H,26,29). The van der Waals surface area contributed by atoms with Gasteiger partial charge in [0, 0.05) is 23.1 Å². The van der Waals surface area contributed by atoms with E-state index >= 15 is 0 Å². The van der Waals surface area contributed by atoms with Gasteiger partial charge in [0.25, 0.3) is 5.91 Å². The monoisotopic (exact) mass is 466 g/mol. The first kappa shape index (κ1) is 23.8. The molecule has 2 amide bonds. The summed E-state index contributed by atoms with van der Waals surface area (Å²) in [5, 5.41) is 5.37. The number of Topliss-reactive ketones (excluding diaryl/α,β-unsaturated/α-hetero) is 1. The highest BCUT2D eigenvalue weighted by Crippen LogP contribution is 2.27. The Balaban J connectivity index is 1.67. The molecule has 8 nitrogen and oxygen atoms in total. The number of anilines is 2. The third-order valence-electron chi connectivity index (χ3n) is 4.63. The van der Waals surface area contributed by atoms with Crippen molar-refractivity contribution in [1.29, 1.82) is 0 Å². The van der Waals surface area contributed by atoms with Crippen LogP contribution < -0.4 is 10.6 Å². The molecule has 2 aromatic carbocycles. The summed E-state index contributed by atoms with van der Waals surface area (Å²) in [4.78, 5) is 49.5. The van der Waals surface area contributed by atoms with Crippen LogP contribution in [0, 0.1) is 6.92 Å². The van der Waals surface area contributed by atoms with Crippen LogP contribution in [0.3, 0.4) is 0 Å². The maximum atomic E-state index is 12.6. The summed E-state index contributed by atoms with van der Waals surface area (Å²) >= 11 is 1.43. The number of hydrogen-bond donors (Lipinski definition) is 2. The average Bonchev–Trinajstić information content (AvgIpc) is 3.33. The minimum Gasteiger partial charge on any atom is -0.459 e. The molecule has 0 unspecified atom stereocenters. The molecule has 0 fully saturated rings. The second kappa shape index (κ2) is 10.6. The topological polar surface area (TPSA) is 115 Å². The zero-order valence-electron chi connectivity index (χ0n) is 18.3. The van der Waals surface area contributed by atoms with E-state index < -0.39 is 24.3 Å². The van der Waals surface area contributed by atoms with Gasteiger partial charge in [-0.25, -0.2) is 4.79 Å².